The smallest absolute Gasteiger partial charge is 0.247 e. The van der Waals surface area contributed by atoms with Crippen molar-refractivity contribution in [3.8, 4) is 0 Å². The molecule has 24 heavy (non-hydrogen) atoms. The van der Waals surface area contributed by atoms with E-state index in [2.05, 4.69) is 21.2 Å². The molecule has 2 rings (SSSR count). The molecule has 1 unspecified atom stereocenters. The van der Waals surface area contributed by atoms with Crippen LogP contribution in [0.4, 0.5) is 4.39 Å². The van der Waals surface area contributed by atoms with Gasteiger partial charge in [0.1, 0.15) is 11.9 Å². The van der Waals surface area contributed by atoms with E-state index in [4.69, 9.17) is 0 Å². The second-order valence-corrected chi connectivity index (χ2v) is 7.88. The van der Waals surface area contributed by atoms with Crippen molar-refractivity contribution in [2.75, 3.05) is 18.2 Å². The van der Waals surface area contributed by atoms with Crippen molar-refractivity contribution in [3.05, 3.63) is 40.1 Å². The second-order valence-electron chi connectivity index (χ2n) is 5.96. The molecule has 7 heteroatoms. The number of rotatable bonds is 5. The maximum Gasteiger partial charge on any atom is 0.247 e. The summed E-state index contributed by atoms with van der Waals surface area (Å²) in [5.41, 5.74) is 0.324. The third-order valence-corrected chi connectivity index (χ3v) is 5.02. The number of thioether (sulfide) groups is 1. The lowest BCUT2D eigenvalue weighted by Crippen LogP contribution is -2.47. The largest absolute Gasteiger partial charge is 0.354 e. The van der Waals surface area contributed by atoms with Gasteiger partial charge < -0.3 is 10.2 Å². The summed E-state index contributed by atoms with van der Waals surface area (Å²) in [4.78, 5) is 26.1. The molecule has 0 spiro atoms. The molecule has 1 N–H and O–H groups in total. The van der Waals surface area contributed by atoms with Crippen LogP contribution in [0.1, 0.15) is 19.4 Å². The van der Waals surface area contributed by atoms with Crippen LogP contribution in [0.2, 0.25) is 0 Å². The van der Waals surface area contributed by atoms with Gasteiger partial charge in [-0.2, -0.15) is 0 Å². The first-order valence-electron chi connectivity index (χ1n) is 7.67. The monoisotopic (exact) mass is 414 g/mol. The third-order valence-electron chi connectivity index (χ3n) is 3.52. The quantitative estimate of drug-likeness (QED) is 0.752. The average molecular weight is 415 g/mol. The maximum absolute atomic E-state index is 13.7. The number of nitrogens with one attached hydrogen (secondary N) is 1. The van der Waals surface area contributed by atoms with Crippen LogP contribution in [0, 0.1) is 11.7 Å². The molecule has 1 aliphatic rings. The molecule has 0 bridgehead atoms. The van der Waals surface area contributed by atoms with Gasteiger partial charge in [0.25, 0.3) is 0 Å². The standard InChI is InChI=1S/C17H20BrFN2O2S/c1-11(2)8-20-17(23)15-9-24-10-21(15)16(22)6-3-12-7-13(18)4-5-14(12)19/h3-7,11,15H,8-10H2,1-2H3,(H,20,23). The molecule has 1 fully saturated rings. The summed E-state index contributed by atoms with van der Waals surface area (Å²) in [5.74, 6) is 0.572. The molecule has 1 aromatic rings. The van der Waals surface area contributed by atoms with Crippen LogP contribution in [0.25, 0.3) is 6.08 Å². The van der Waals surface area contributed by atoms with E-state index in [-0.39, 0.29) is 11.8 Å². The highest BCUT2D eigenvalue weighted by atomic mass is 79.9. The Morgan fingerprint density at radius 3 is 2.96 bits per heavy atom. The number of carbonyl (C=O) groups is 2. The lowest BCUT2D eigenvalue weighted by Gasteiger charge is -2.22. The Hall–Kier alpha value is -1.34. The van der Waals surface area contributed by atoms with Crippen LogP contribution >= 0.6 is 27.7 Å². The Morgan fingerprint density at radius 1 is 1.50 bits per heavy atom. The molecule has 1 aromatic carbocycles. The fourth-order valence-corrected chi connectivity index (χ4v) is 3.74. The molecule has 1 aliphatic heterocycles. The molecule has 0 radical (unpaired) electrons. The van der Waals surface area contributed by atoms with Crippen LogP contribution in [-0.2, 0) is 9.59 Å². The lowest BCUT2D eigenvalue weighted by molar-refractivity contribution is -0.134. The van der Waals surface area contributed by atoms with E-state index in [0.29, 0.717) is 29.7 Å². The number of nitrogens with zero attached hydrogens (tertiary/aromatic N) is 1. The van der Waals surface area contributed by atoms with E-state index in [0.717, 1.165) is 4.47 Å². The van der Waals surface area contributed by atoms with Gasteiger partial charge in [0.2, 0.25) is 11.8 Å². The molecule has 1 saturated heterocycles. The van der Waals surface area contributed by atoms with E-state index in [1.165, 1.54) is 34.9 Å². The maximum atomic E-state index is 13.7. The number of benzene rings is 1. The molecule has 0 aliphatic carbocycles. The summed E-state index contributed by atoms with van der Waals surface area (Å²) < 4.78 is 14.4. The fourth-order valence-electron chi connectivity index (χ4n) is 2.20. The third kappa shape index (κ3) is 5.08. The Morgan fingerprint density at radius 2 is 2.25 bits per heavy atom. The second kappa shape index (κ2) is 8.67. The minimum absolute atomic E-state index is 0.135. The predicted molar refractivity (Wildman–Crippen MR) is 98.9 cm³/mol. The number of amides is 2. The van der Waals surface area contributed by atoms with Crippen LogP contribution in [-0.4, -0.2) is 40.9 Å². The van der Waals surface area contributed by atoms with Crippen molar-refractivity contribution in [1.82, 2.24) is 10.2 Å². The molecular weight excluding hydrogens is 395 g/mol. The van der Waals surface area contributed by atoms with E-state index in [1.807, 2.05) is 13.8 Å². The Balaban J connectivity index is 2.03. The van der Waals surface area contributed by atoms with Crippen molar-refractivity contribution in [2.45, 2.75) is 19.9 Å². The van der Waals surface area contributed by atoms with E-state index in [9.17, 15) is 14.0 Å². The predicted octanol–water partition coefficient (Wildman–Crippen LogP) is 3.28. The Kier molecular flexibility index (Phi) is 6.86. The van der Waals surface area contributed by atoms with Gasteiger partial charge in [-0.05, 0) is 30.2 Å². The van der Waals surface area contributed by atoms with Crippen molar-refractivity contribution in [3.63, 3.8) is 0 Å². The van der Waals surface area contributed by atoms with Gasteiger partial charge in [0.15, 0.2) is 0 Å². The van der Waals surface area contributed by atoms with E-state index >= 15 is 0 Å². The topological polar surface area (TPSA) is 49.4 Å². The van der Waals surface area contributed by atoms with Crippen molar-refractivity contribution in [2.24, 2.45) is 5.92 Å². The molecule has 4 nitrogen and oxygen atoms in total. The summed E-state index contributed by atoms with van der Waals surface area (Å²) in [6.45, 7) is 4.62. The normalized spacial score (nSPS) is 17.7. The number of hydrogen-bond acceptors (Lipinski definition) is 3. The van der Waals surface area contributed by atoms with Gasteiger partial charge in [0.05, 0.1) is 5.88 Å². The summed E-state index contributed by atoms with van der Waals surface area (Å²) in [6.07, 6.45) is 2.76. The fraction of sp³-hybridized carbons (Fsp3) is 0.412. The summed E-state index contributed by atoms with van der Waals surface area (Å²) >= 11 is 4.81. The molecule has 1 atom stereocenters. The molecule has 130 valence electrons. The van der Waals surface area contributed by atoms with Crippen LogP contribution in [0.3, 0.4) is 0 Å². The van der Waals surface area contributed by atoms with Crippen molar-refractivity contribution in [1.29, 1.82) is 0 Å². The molecule has 2 amide bonds. The zero-order chi connectivity index (χ0) is 17.7. The van der Waals surface area contributed by atoms with Crippen molar-refractivity contribution >= 4 is 45.6 Å². The van der Waals surface area contributed by atoms with E-state index < -0.39 is 11.9 Å². The summed E-state index contributed by atoms with van der Waals surface area (Å²) in [6, 6.07) is 4.06. The van der Waals surface area contributed by atoms with Gasteiger partial charge in [0, 0.05) is 28.4 Å². The lowest BCUT2D eigenvalue weighted by atomic mass is 10.2. The minimum atomic E-state index is -0.474. The number of hydrogen-bond donors (Lipinski definition) is 1. The minimum Gasteiger partial charge on any atom is -0.354 e. The first kappa shape index (κ1) is 19.0. The SMILES string of the molecule is CC(C)CNC(=O)C1CSCN1C(=O)C=Cc1cc(Br)ccc1F. The molecule has 0 aromatic heterocycles. The molecular formula is C17H20BrFN2O2S. The van der Waals surface area contributed by atoms with Gasteiger partial charge >= 0.3 is 0 Å². The first-order chi connectivity index (χ1) is 11.4. The van der Waals surface area contributed by atoms with Gasteiger partial charge in [-0.15, -0.1) is 11.8 Å². The zero-order valence-corrected chi connectivity index (χ0v) is 16.0. The highest BCUT2D eigenvalue weighted by molar-refractivity contribution is 9.10. The first-order valence-corrected chi connectivity index (χ1v) is 9.62. The van der Waals surface area contributed by atoms with Gasteiger partial charge in [-0.25, -0.2) is 4.39 Å². The summed E-state index contributed by atoms with van der Waals surface area (Å²) in [7, 11) is 0. The van der Waals surface area contributed by atoms with Gasteiger partial charge in [-0.1, -0.05) is 29.8 Å². The van der Waals surface area contributed by atoms with Crippen molar-refractivity contribution < 1.29 is 14.0 Å². The average Bonchev–Trinajstić information content (AvgIpc) is 3.02. The number of carbonyl (C=O) groups excluding carboxylic acids is 2. The Bertz CT molecular complexity index is 651. The molecule has 1 heterocycles. The number of halogens is 2. The Labute approximate surface area is 154 Å². The summed E-state index contributed by atoms with van der Waals surface area (Å²) in [5, 5.41) is 2.86. The van der Waals surface area contributed by atoms with E-state index in [1.54, 1.807) is 12.1 Å². The van der Waals surface area contributed by atoms with Crippen LogP contribution in [0.5, 0.6) is 0 Å². The van der Waals surface area contributed by atoms with Crippen LogP contribution < -0.4 is 5.32 Å². The highest BCUT2D eigenvalue weighted by Crippen LogP contribution is 2.22. The van der Waals surface area contributed by atoms with Crippen LogP contribution in [0.15, 0.2) is 28.7 Å². The molecule has 0 saturated carbocycles. The zero-order valence-electron chi connectivity index (χ0n) is 13.6. The highest BCUT2D eigenvalue weighted by Gasteiger charge is 2.33. The van der Waals surface area contributed by atoms with Gasteiger partial charge in [-0.3, -0.25) is 9.59 Å².